The van der Waals surface area contributed by atoms with Gasteiger partial charge in [0, 0.05) is 23.4 Å². The molecule has 0 atom stereocenters. The van der Waals surface area contributed by atoms with Gasteiger partial charge in [0.2, 0.25) is 0 Å². The molecule has 2 aromatic heterocycles. The third-order valence-corrected chi connectivity index (χ3v) is 3.99. The number of nitrogens with one attached hydrogen (secondary N) is 1. The van der Waals surface area contributed by atoms with Crippen molar-refractivity contribution < 1.29 is 18.0 Å². The Morgan fingerprint density at radius 1 is 1.28 bits per heavy atom. The second-order valence-corrected chi connectivity index (χ2v) is 6.27. The van der Waals surface area contributed by atoms with Gasteiger partial charge in [0.15, 0.2) is 5.69 Å². The molecule has 1 aliphatic rings. The van der Waals surface area contributed by atoms with Crippen molar-refractivity contribution in [1.29, 1.82) is 0 Å². The number of carbonyl (C=O) groups excluding carboxylic acids is 1. The van der Waals surface area contributed by atoms with Crippen LogP contribution in [0.2, 0.25) is 0 Å². The number of rotatable bonds is 4. The van der Waals surface area contributed by atoms with Gasteiger partial charge < -0.3 is 0 Å². The van der Waals surface area contributed by atoms with Gasteiger partial charge in [0.25, 0.3) is 11.5 Å². The van der Waals surface area contributed by atoms with E-state index in [2.05, 4.69) is 10.5 Å². The van der Waals surface area contributed by atoms with Gasteiger partial charge in [-0.3, -0.25) is 19.7 Å². The molecule has 2 heterocycles. The fraction of sp³-hybridized carbons (Fsp3) is 0.438. The number of aromatic nitrogens is 3. The zero-order valence-electron chi connectivity index (χ0n) is 13.7. The van der Waals surface area contributed by atoms with Gasteiger partial charge in [0.05, 0.1) is 0 Å². The lowest BCUT2D eigenvalue weighted by Crippen LogP contribution is -2.36. The van der Waals surface area contributed by atoms with E-state index < -0.39 is 23.3 Å². The average Bonchev–Trinajstić information content (AvgIpc) is 3.23. The zero-order chi connectivity index (χ0) is 18.4. The highest BCUT2D eigenvalue weighted by Gasteiger charge is 2.38. The number of carbonyl (C=O) groups is 1. The molecule has 1 fully saturated rings. The van der Waals surface area contributed by atoms with Crippen molar-refractivity contribution >= 4 is 5.91 Å². The number of halogens is 3. The molecule has 0 aromatic carbocycles. The maximum absolute atomic E-state index is 12.9. The van der Waals surface area contributed by atoms with E-state index in [4.69, 9.17) is 0 Å². The second kappa shape index (κ2) is 6.05. The standard InChI is InChI=1S/C16H17F3N4O2/c1-9-5-10(2)23(15(25)6-9)21-14(24)8-22-12(11-3-4-11)7-13(20-22)16(17,18)19/h5-7,11H,3-4,8H2,1-2H3,(H,21,24). The predicted molar refractivity (Wildman–Crippen MR) is 83.7 cm³/mol. The Hall–Kier alpha value is -2.58. The lowest BCUT2D eigenvalue weighted by molar-refractivity contribution is -0.141. The monoisotopic (exact) mass is 354 g/mol. The number of pyridine rings is 1. The third-order valence-electron chi connectivity index (χ3n) is 3.99. The predicted octanol–water partition coefficient (Wildman–Crippen LogP) is 2.33. The van der Waals surface area contributed by atoms with Crippen LogP contribution in [0.4, 0.5) is 13.2 Å². The Morgan fingerprint density at radius 3 is 2.52 bits per heavy atom. The lowest BCUT2D eigenvalue weighted by atomic mass is 10.2. The first-order chi connectivity index (χ1) is 11.6. The summed E-state index contributed by atoms with van der Waals surface area (Å²) in [5, 5.41) is 3.53. The van der Waals surface area contributed by atoms with Gasteiger partial charge in [-0.05, 0) is 44.4 Å². The molecule has 0 bridgehead atoms. The number of hydrogen-bond acceptors (Lipinski definition) is 3. The van der Waals surface area contributed by atoms with Crippen LogP contribution in [0, 0.1) is 13.8 Å². The Kier molecular flexibility index (Phi) is 4.18. The summed E-state index contributed by atoms with van der Waals surface area (Å²) in [6.45, 7) is 3.02. The van der Waals surface area contributed by atoms with Crippen LogP contribution in [0.3, 0.4) is 0 Å². The van der Waals surface area contributed by atoms with Gasteiger partial charge in [0.1, 0.15) is 6.54 Å². The highest BCUT2D eigenvalue weighted by molar-refractivity contribution is 5.83. The zero-order valence-corrected chi connectivity index (χ0v) is 13.7. The van der Waals surface area contributed by atoms with Crippen LogP contribution in [-0.4, -0.2) is 20.4 Å². The SMILES string of the molecule is Cc1cc(C)n(NC(=O)Cn2nc(C(F)(F)F)cc2C2CC2)c(=O)c1. The molecule has 1 N–H and O–H groups in total. The number of alkyl halides is 3. The van der Waals surface area contributed by atoms with Gasteiger partial charge in [-0.15, -0.1) is 0 Å². The van der Waals surface area contributed by atoms with Crippen LogP contribution in [-0.2, 0) is 17.5 Å². The summed E-state index contributed by atoms with van der Waals surface area (Å²) in [7, 11) is 0. The van der Waals surface area contributed by atoms with Crippen LogP contribution < -0.4 is 11.0 Å². The molecule has 25 heavy (non-hydrogen) atoms. The smallest absolute Gasteiger partial charge is 0.271 e. The normalized spacial score (nSPS) is 14.6. The van der Waals surface area contributed by atoms with Crippen molar-refractivity contribution in [3.05, 3.63) is 51.2 Å². The summed E-state index contributed by atoms with van der Waals surface area (Å²) in [5.74, 6) is -0.618. The van der Waals surface area contributed by atoms with E-state index in [-0.39, 0.29) is 12.5 Å². The first-order valence-corrected chi connectivity index (χ1v) is 7.80. The minimum atomic E-state index is -4.56. The van der Waals surface area contributed by atoms with Gasteiger partial charge >= 0.3 is 6.18 Å². The average molecular weight is 354 g/mol. The molecule has 1 saturated carbocycles. The maximum atomic E-state index is 12.9. The first-order valence-electron chi connectivity index (χ1n) is 7.80. The van der Waals surface area contributed by atoms with Gasteiger partial charge in [-0.1, -0.05) is 0 Å². The molecule has 0 unspecified atom stereocenters. The summed E-state index contributed by atoms with van der Waals surface area (Å²) in [4.78, 5) is 24.2. The molecular weight excluding hydrogens is 337 g/mol. The van der Waals surface area contributed by atoms with Gasteiger partial charge in [-0.25, -0.2) is 4.68 Å². The van der Waals surface area contributed by atoms with Crippen LogP contribution in [0.15, 0.2) is 23.0 Å². The van der Waals surface area contributed by atoms with E-state index in [0.29, 0.717) is 11.4 Å². The highest BCUT2D eigenvalue weighted by atomic mass is 19.4. The Labute approximate surface area is 141 Å². The minimum Gasteiger partial charge on any atom is -0.271 e. The minimum absolute atomic E-state index is 0.000216. The molecule has 0 saturated heterocycles. The molecule has 0 aliphatic heterocycles. The molecule has 1 aliphatic carbocycles. The van der Waals surface area contributed by atoms with E-state index in [1.165, 1.54) is 6.07 Å². The largest absolute Gasteiger partial charge is 0.435 e. The van der Waals surface area contributed by atoms with Crippen molar-refractivity contribution in [1.82, 2.24) is 14.5 Å². The fourth-order valence-electron chi connectivity index (χ4n) is 2.71. The topological polar surface area (TPSA) is 68.9 Å². The number of nitrogens with zero attached hydrogens (tertiary/aromatic N) is 3. The van der Waals surface area contributed by atoms with E-state index in [1.807, 2.05) is 0 Å². The summed E-state index contributed by atoms with van der Waals surface area (Å²) < 4.78 is 40.8. The molecule has 3 rings (SSSR count). The fourth-order valence-corrected chi connectivity index (χ4v) is 2.71. The lowest BCUT2D eigenvalue weighted by Gasteiger charge is -2.13. The summed E-state index contributed by atoms with van der Waals surface area (Å²) in [6.07, 6.45) is -3.00. The molecule has 134 valence electrons. The van der Waals surface area contributed by atoms with Crippen LogP contribution in [0.1, 0.15) is 41.4 Å². The van der Waals surface area contributed by atoms with Crippen LogP contribution in [0.25, 0.3) is 0 Å². The van der Waals surface area contributed by atoms with Crippen molar-refractivity contribution in [2.75, 3.05) is 5.43 Å². The van der Waals surface area contributed by atoms with Crippen molar-refractivity contribution in [3.8, 4) is 0 Å². The summed E-state index contributed by atoms with van der Waals surface area (Å²) >= 11 is 0. The van der Waals surface area contributed by atoms with E-state index >= 15 is 0 Å². The maximum Gasteiger partial charge on any atom is 0.435 e. The van der Waals surface area contributed by atoms with Crippen LogP contribution in [0.5, 0.6) is 0 Å². The molecule has 6 nitrogen and oxygen atoms in total. The van der Waals surface area contributed by atoms with E-state index in [9.17, 15) is 22.8 Å². The number of hydrogen-bond donors (Lipinski definition) is 1. The number of aryl methyl sites for hydroxylation is 2. The summed E-state index contributed by atoms with van der Waals surface area (Å²) in [5.41, 5.74) is 2.67. The second-order valence-electron chi connectivity index (χ2n) is 6.27. The molecule has 9 heteroatoms. The van der Waals surface area contributed by atoms with Gasteiger partial charge in [-0.2, -0.15) is 18.3 Å². The third kappa shape index (κ3) is 3.75. The Morgan fingerprint density at radius 2 is 1.96 bits per heavy atom. The van der Waals surface area contributed by atoms with E-state index in [0.717, 1.165) is 33.8 Å². The van der Waals surface area contributed by atoms with Crippen LogP contribution >= 0.6 is 0 Å². The molecular formula is C16H17F3N4O2. The summed E-state index contributed by atoms with van der Waals surface area (Å²) in [6, 6.07) is 4.07. The van der Waals surface area contributed by atoms with Crippen molar-refractivity contribution in [2.24, 2.45) is 0 Å². The first kappa shape index (κ1) is 17.2. The van der Waals surface area contributed by atoms with Crippen molar-refractivity contribution in [3.63, 3.8) is 0 Å². The number of amides is 1. The molecule has 0 spiro atoms. The molecule has 2 aromatic rings. The Balaban J connectivity index is 1.82. The van der Waals surface area contributed by atoms with Crippen molar-refractivity contribution in [2.45, 2.75) is 45.3 Å². The molecule has 0 radical (unpaired) electrons. The Bertz CT molecular complexity index is 878. The molecule has 1 amide bonds. The quantitative estimate of drug-likeness (QED) is 0.916. The highest BCUT2D eigenvalue weighted by Crippen LogP contribution is 2.42. The van der Waals surface area contributed by atoms with E-state index in [1.54, 1.807) is 19.9 Å².